The van der Waals surface area contributed by atoms with E-state index in [0.29, 0.717) is 6.42 Å². The quantitative estimate of drug-likeness (QED) is 0.752. The molecule has 3 rings (SSSR count). The second-order valence-corrected chi connectivity index (χ2v) is 7.14. The Morgan fingerprint density at radius 2 is 1.81 bits per heavy atom. The van der Waals surface area contributed by atoms with Gasteiger partial charge in [0.15, 0.2) is 0 Å². The molecule has 0 saturated carbocycles. The van der Waals surface area contributed by atoms with Gasteiger partial charge < -0.3 is 19.7 Å². The highest BCUT2D eigenvalue weighted by Gasteiger charge is 2.11. The molecule has 1 heterocycles. The maximum atomic E-state index is 12.1. The molecule has 26 heavy (non-hydrogen) atoms. The number of benzene rings is 2. The third kappa shape index (κ3) is 5.41. The van der Waals surface area contributed by atoms with Crippen molar-refractivity contribution in [2.75, 3.05) is 49.4 Å². The number of anilines is 2. The van der Waals surface area contributed by atoms with E-state index < -0.39 is 0 Å². The summed E-state index contributed by atoms with van der Waals surface area (Å²) in [6.45, 7) is 3.36. The summed E-state index contributed by atoms with van der Waals surface area (Å²) in [5.74, 6) is 1.61. The Balaban J connectivity index is 1.42. The van der Waals surface area contributed by atoms with Crippen molar-refractivity contribution < 1.29 is 14.3 Å². The van der Waals surface area contributed by atoms with Crippen molar-refractivity contribution in [2.45, 2.75) is 11.3 Å². The molecule has 0 aromatic heterocycles. The highest BCUT2D eigenvalue weighted by molar-refractivity contribution is 7.99. The number of ether oxygens (including phenoxy) is 2. The second kappa shape index (κ2) is 9.50. The number of hydrogen-bond acceptors (Lipinski definition) is 5. The Bertz CT molecular complexity index is 698. The summed E-state index contributed by atoms with van der Waals surface area (Å²) in [6, 6.07) is 15.9. The van der Waals surface area contributed by atoms with E-state index in [4.69, 9.17) is 9.47 Å². The number of nitrogens with one attached hydrogen (secondary N) is 1. The van der Waals surface area contributed by atoms with E-state index in [1.54, 1.807) is 18.9 Å². The van der Waals surface area contributed by atoms with Crippen LogP contribution >= 0.6 is 11.8 Å². The van der Waals surface area contributed by atoms with Gasteiger partial charge in [-0.3, -0.25) is 4.79 Å². The van der Waals surface area contributed by atoms with Crippen LogP contribution < -0.4 is 15.0 Å². The number of morpholine rings is 1. The number of nitrogens with zero attached hydrogens (tertiary/aromatic N) is 1. The third-order valence-corrected chi connectivity index (χ3v) is 5.20. The number of carbonyl (C=O) groups is 1. The van der Waals surface area contributed by atoms with E-state index in [1.165, 1.54) is 5.69 Å². The maximum Gasteiger partial charge on any atom is 0.225 e. The monoisotopic (exact) mass is 372 g/mol. The van der Waals surface area contributed by atoms with Crippen molar-refractivity contribution in [3.8, 4) is 5.75 Å². The van der Waals surface area contributed by atoms with Gasteiger partial charge in [0.1, 0.15) is 5.75 Å². The van der Waals surface area contributed by atoms with Crippen LogP contribution in [0.5, 0.6) is 5.75 Å². The summed E-state index contributed by atoms with van der Waals surface area (Å²) in [7, 11) is 1.65. The molecular weight excluding hydrogens is 348 g/mol. The minimum absolute atomic E-state index is 0.0325. The maximum absolute atomic E-state index is 12.1. The molecule has 0 radical (unpaired) electrons. The Hall–Kier alpha value is -2.18. The predicted molar refractivity (Wildman–Crippen MR) is 106 cm³/mol. The molecule has 1 amide bonds. The zero-order valence-electron chi connectivity index (χ0n) is 14.9. The Kier molecular flexibility index (Phi) is 6.80. The van der Waals surface area contributed by atoms with Gasteiger partial charge in [0.2, 0.25) is 5.91 Å². The fourth-order valence-corrected chi connectivity index (χ4v) is 3.59. The van der Waals surface area contributed by atoms with Crippen LogP contribution in [0.25, 0.3) is 0 Å². The van der Waals surface area contributed by atoms with Crippen molar-refractivity contribution in [1.29, 1.82) is 0 Å². The van der Waals surface area contributed by atoms with Gasteiger partial charge in [-0.15, -0.1) is 11.8 Å². The molecular formula is C20H24N2O3S. The van der Waals surface area contributed by atoms with E-state index in [-0.39, 0.29) is 5.91 Å². The van der Waals surface area contributed by atoms with E-state index in [2.05, 4.69) is 10.2 Å². The van der Waals surface area contributed by atoms with Gasteiger partial charge in [-0.1, -0.05) is 0 Å². The van der Waals surface area contributed by atoms with Crippen molar-refractivity contribution in [2.24, 2.45) is 0 Å². The lowest BCUT2D eigenvalue weighted by molar-refractivity contribution is -0.115. The average molecular weight is 372 g/mol. The minimum Gasteiger partial charge on any atom is -0.497 e. The number of thioether (sulfide) groups is 1. The number of rotatable bonds is 7. The molecule has 1 aliphatic rings. The summed E-state index contributed by atoms with van der Waals surface area (Å²) < 4.78 is 10.5. The minimum atomic E-state index is 0.0325. The van der Waals surface area contributed by atoms with Crippen LogP contribution in [0.3, 0.4) is 0 Å². The van der Waals surface area contributed by atoms with Crippen LogP contribution in [0.2, 0.25) is 0 Å². The molecule has 0 unspecified atom stereocenters. The lowest BCUT2D eigenvalue weighted by Crippen LogP contribution is -2.36. The highest BCUT2D eigenvalue weighted by atomic mass is 32.2. The molecule has 5 nitrogen and oxygen atoms in total. The first-order chi connectivity index (χ1) is 12.7. The molecule has 0 spiro atoms. The molecule has 1 N–H and O–H groups in total. The average Bonchev–Trinajstić information content (AvgIpc) is 2.70. The number of amides is 1. The molecule has 0 bridgehead atoms. The van der Waals surface area contributed by atoms with Gasteiger partial charge >= 0.3 is 0 Å². The third-order valence-electron chi connectivity index (χ3n) is 4.18. The van der Waals surface area contributed by atoms with Gasteiger partial charge in [-0.2, -0.15) is 0 Å². The van der Waals surface area contributed by atoms with Crippen LogP contribution in [-0.4, -0.2) is 45.1 Å². The molecule has 1 saturated heterocycles. The molecule has 6 heteroatoms. The normalized spacial score (nSPS) is 14.1. The molecule has 2 aromatic carbocycles. The number of methoxy groups -OCH3 is 1. The molecule has 1 aliphatic heterocycles. The lowest BCUT2D eigenvalue weighted by atomic mass is 10.2. The van der Waals surface area contributed by atoms with Crippen LogP contribution in [0.1, 0.15) is 6.42 Å². The first kappa shape index (κ1) is 18.6. The Labute approximate surface area is 158 Å². The Morgan fingerprint density at radius 3 is 2.46 bits per heavy atom. The summed E-state index contributed by atoms with van der Waals surface area (Å²) in [5.41, 5.74) is 2.00. The summed E-state index contributed by atoms with van der Waals surface area (Å²) in [6.07, 6.45) is 0.474. The Morgan fingerprint density at radius 1 is 1.12 bits per heavy atom. The predicted octanol–water partition coefficient (Wildman–Crippen LogP) is 3.65. The summed E-state index contributed by atoms with van der Waals surface area (Å²) >= 11 is 1.66. The summed E-state index contributed by atoms with van der Waals surface area (Å²) in [5, 5.41) is 2.96. The zero-order chi connectivity index (χ0) is 18.2. The molecule has 2 aromatic rings. The van der Waals surface area contributed by atoms with Crippen molar-refractivity contribution >= 4 is 29.0 Å². The van der Waals surface area contributed by atoms with Gasteiger partial charge in [0.05, 0.1) is 20.3 Å². The molecule has 0 aliphatic carbocycles. The zero-order valence-corrected chi connectivity index (χ0v) is 15.8. The van der Waals surface area contributed by atoms with Crippen LogP contribution in [0.15, 0.2) is 53.4 Å². The van der Waals surface area contributed by atoms with Crippen LogP contribution in [0, 0.1) is 0 Å². The van der Waals surface area contributed by atoms with E-state index >= 15 is 0 Å². The fraction of sp³-hybridized carbons (Fsp3) is 0.350. The van der Waals surface area contributed by atoms with E-state index in [0.717, 1.165) is 48.4 Å². The molecule has 138 valence electrons. The van der Waals surface area contributed by atoms with Crippen molar-refractivity contribution in [3.05, 3.63) is 48.5 Å². The van der Waals surface area contributed by atoms with Gasteiger partial charge in [-0.05, 0) is 48.5 Å². The molecule has 1 fully saturated rings. The van der Waals surface area contributed by atoms with Gasteiger partial charge in [0.25, 0.3) is 0 Å². The van der Waals surface area contributed by atoms with Crippen LogP contribution in [0.4, 0.5) is 11.4 Å². The standard InChI is InChI=1S/C20H24N2O3S/c1-24-18-6-8-19(9-7-18)26-15-10-20(23)21-16-2-4-17(5-3-16)22-11-13-25-14-12-22/h2-9H,10-15H2,1H3,(H,21,23). The largest absolute Gasteiger partial charge is 0.497 e. The van der Waals surface area contributed by atoms with E-state index in [9.17, 15) is 4.79 Å². The van der Waals surface area contributed by atoms with Gasteiger partial charge in [0, 0.05) is 41.5 Å². The smallest absolute Gasteiger partial charge is 0.225 e. The number of hydrogen-bond donors (Lipinski definition) is 1. The first-order valence-corrected chi connectivity index (χ1v) is 9.72. The highest BCUT2D eigenvalue weighted by Crippen LogP contribution is 2.22. The fourth-order valence-electron chi connectivity index (χ4n) is 2.73. The first-order valence-electron chi connectivity index (χ1n) is 8.74. The number of carbonyl (C=O) groups excluding carboxylic acids is 1. The van der Waals surface area contributed by atoms with Crippen LogP contribution in [-0.2, 0) is 9.53 Å². The SMILES string of the molecule is COc1ccc(SCCC(=O)Nc2ccc(N3CCOCC3)cc2)cc1. The topological polar surface area (TPSA) is 50.8 Å². The lowest BCUT2D eigenvalue weighted by Gasteiger charge is -2.28. The molecule has 0 atom stereocenters. The van der Waals surface area contributed by atoms with Crippen molar-refractivity contribution in [1.82, 2.24) is 0 Å². The second-order valence-electron chi connectivity index (χ2n) is 5.97. The van der Waals surface area contributed by atoms with Crippen molar-refractivity contribution in [3.63, 3.8) is 0 Å². The summed E-state index contributed by atoms with van der Waals surface area (Å²) in [4.78, 5) is 15.5. The van der Waals surface area contributed by atoms with Gasteiger partial charge in [-0.25, -0.2) is 0 Å². The van der Waals surface area contributed by atoms with E-state index in [1.807, 2.05) is 48.5 Å².